The van der Waals surface area contributed by atoms with Crippen LogP contribution in [0.2, 0.25) is 0 Å². The van der Waals surface area contributed by atoms with Gasteiger partial charge in [0.2, 0.25) is 10.0 Å². The topological polar surface area (TPSA) is 94.4 Å². The number of aromatic nitrogens is 3. The van der Waals surface area contributed by atoms with Crippen LogP contribution in [-0.2, 0) is 26.1 Å². The molecule has 8 nitrogen and oxygen atoms in total. The first-order valence-corrected chi connectivity index (χ1v) is 12.7. The molecule has 0 aliphatic rings. The Hall–Kier alpha value is -2.78. The van der Waals surface area contributed by atoms with Gasteiger partial charge in [-0.3, -0.25) is 9.78 Å². The van der Waals surface area contributed by atoms with E-state index in [4.69, 9.17) is 4.74 Å². The smallest absolute Gasteiger partial charge is 0.324 e. The Balaban J connectivity index is 1.87. The molecule has 0 aliphatic heterocycles. The fraction of sp³-hybridized carbons (Fsp3) is 0.458. The molecule has 0 unspecified atom stereocenters. The number of hydrogen-bond acceptors (Lipinski definition) is 6. The Morgan fingerprint density at radius 1 is 1.15 bits per heavy atom. The number of pyridine rings is 1. The number of nitrogens with zero attached hydrogens (tertiary/aromatic N) is 4. The molecule has 0 spiro atoms. The number of sulfonamides is 1. The third-order valence-electron chi connectivity index (χ3n) is 5.35. The zero-order valence-corrected chi connectivity index (χ0v) is 20.5. The van der Waals surface area contributed by atoms with Crippen molar-refractivity contribution in [3.63, 3.8) is 0 Å². The van der Waals surface area contributed by atoms with Crippen molar-refractivity contribution in [2.45, 2.75) is 58.0 Å². The normalized spacial score (nSPS) is 13.0. The second-order valence-electron chi connectivity index (χ2n) is 8.39. The van der Waals surface area contributed by atoms with Crippen LogP contribution in [0.15, 0.2) is 53.9 Å². The van der Waals surface area contributed by atoms with Crippen molar-refractivity contribution in [3.05, 3.63) is 54.6 Å². The molecule has 1 aromatic carbocycles. The van der Waals surface area contributed by atoms with E-state index in [0.717, 1.165) is 16.6 Å². The largest absolute Gasteiger partial charge is 0.465 e. The number of esters is 1. The van der Waals surface area contributed by atoms with Crippen LogP contribution in [0.3, 0.4) is 0 Å². The lowest BCUT2D eigenvalue weighted by Gasteiger charge is -2.30. The third-order valence-corrected chi connectivity index (χ3v) is 7.27. The van der Waals surface area contributed by atoms with E-state index >= 15 is 0 Å². The van der Waals surface area contributed by atoms with Crippen molar-refractivity contribution >= 4 is 27.0 Å². The number of imidazole rings is 1. The van der Waals surface area contributed by atoms with Crippen LogP contribution >= 0.6 is 0 Å². The summed E-state index contributed by atoms with van der Waals surface area (Å²) in [5, 5.41) is 0. The van der Waals surface area contributed by atoms with Gasteiger partial charge in [-0.25, -0.2) is 13.4 Å². The minimum Gasteiger partial charge on any atom is -0.465 e. The van der Waals surface area contributed by atoms with Gasteiger partial charge in [-0.2, -0.15) is 4.31 Å². The highest BCUT2D eigenvalue weighted by Gasteiger charge is 2.36. The Morgan fingerprint density at radius 2 is 1.88 bits per heavy atom. The van der Waals surface area contributed by atoms with Crippen molar-refractivity contribution in [1.29, 1.82) is 0 Å². The van der Waals surface area contributed by atoms with E-state index in [1.54, 1.807) is 49.9 Å². The molecule has 178 valence electrons. The summed E-state index contributed by atoms with van der Waals surface area (Å²) in [6.07, 6.45) is 6.19. The van der Waals surface area contributed by atoms with Crippen molar-refractivity contribution in [2.75, 3.05) is 13.2 Å². The zero-order valence-electron chi connectivity index (χ0n) is 19.6. The third kappa shape index (κ3) is 5.78. The van der Waals surface area contributed by atoms with Crippen LogP contribution in [0.1, 0.15) is 46.1 Å². The average molecular weight is 473 g/mol. The standard InChI is InChI=1S/C24H32N4O4S/c1-5-13-28(22(14-18(3)4)24(29)32-6-2)33(30,31)20-9-7-19(8-10-20)16-27-17-26-21-11-12-25-15-23(21)27/h7-12,15,17-18,22H,5-6,13-14,16H2,1-4H3/t22-/m0/s1. The molecule has 3 aromatic rings. The molecule has 0 amide bonds. The predicted molar refractivity (Wildman–Crippen MR) is 127 cm³/mol. The van der Waals surface area contributed by atoms with Gasteiger partial charge in [-0.05, 0) is 49.4 Å². The summed E-state index contributed by atoms with van der Waals surface area (Å²) in [6, 6.07) is 7.78. The average Bonchev–Trinajstić information content (AvgIpc) is 3.19. The molecule has 33 heavy (non-hydrogen) atoms. The van der Waals surface area contributed by atoms with Gasteiger partial charge < -0.3 is 9.30 Å². The molecule has 0 bridgehead atoms. The maximum Gasteiger partial charge on any atom is 0.324 e. The van der Waals surface area contributed by atoms with Gasteiger partial charge in [-0.15, -0.1) is 0 Å². The van der Waals surface area contributed by atoms with E-state index < -0.39 is 22.0 Å². The number of carbonyl (C=O) groups excluding carboxylic acids is 1. The van der Waals surface area contributed by atoms with E-state index in [0.29, 0.717) is 19.4 Å². The highest BCUT2D eigenvalue weighted by molar-refractivity contribution is 7.89. The van der Waals surface area contributed by atoms with Gasteiger partial charge >= 0.3 is 5.97 Å². The van der Waals surface area contributed by atoms with Gasteiger partial charge in [0.25, 0.3) is 0 Å². The van der Waals surface area contributed by atoms with Crippen molar-refractivity contribution < 1.29 is 17.9 Å². The van der Waals surface area contributed by atoms with E-state index in [1.165, 1.54) is 4.31 Å². The monoisotopic (exact) mass is 472 g/mol. The number of hydrogen-bond donors (Lipinski definition) is 0. The van der Waals surface area contributed by atoms with Crippen LogP contribution in [-0.4, -0.2) is 52.4 Å². The highest BCUT2D eigenvalue weighted by Crippen LogP contribution is 2.24. The van der Waals surface area contributed by atoms with Gasteiger partial charge in [0, 0.05) is 19.3 Å². The fourth-order valence-corrected chi connectivity index (χ4v) is 5.49. The molecule has 2 heterocycles. The van der Waals surface area contributed by atoms with E-state index in [-0.39, 0.29) is 24.0 Å². The lowest BCUT2D eigenvalue weighted by Crippen LogP contribution is -2.46. The van der Waals surface area contributed by atoms with E-state index in [9.17, 15) is 13.2 Å². The van der Waals surface area contributed by atoms with Gasteiger partial charge in [0.05, 0.1) is 35.1 Å². The maximum atomic E-state index is 13.6. The minimum absolute atomic E-state index is 0.135. The molecule has 0 saturated carbocycles. The zero-order chi connectivity index (χ0) is 24.0. The first kappa shape index (κ1) is 24.9. The SMILES string of the molecule is CCCN([C@@H](CC(C)C)C(=O)OCC)S(=O)(=O)c1ccc(Cn2cnc3ccncc32)cc1. The predicted octanol–water partition coefficient (Wildman–Crippen LogP) is 3.86. The van der Waals surface area contributed by atoms with Crippen molar-refractivity contribution in [1.82, 2.24) is 18.8 Å². The lowest BCUT2D eigenvalue weighted by molar-refractivity contribution is -0.148. The molecule has 0 fully saturated rings. The number of rotatable bonds is 11. The highest BCUT2D eigenvalue weighted by atomic mass is 32.2. The summed E-state index contributed by atoms with van der Waals surface area (Å²) in [5.74, 6) is -0.365. The van der Waals surface area contributed by atoms with Gasteiger partial charge in [0.1, 0.15) is 6.04 Å². The summed E-state index contributed by atoms with van der Waals surface area (Å²) >= 11 is 0. The number of ether oxygens (including phenoxy) is 1. The fourth-order valence-electron chi connectivity index (χ4n) is 3.81. The summed E-state index contributed by atoms with van der Waals surface area (Å²) in [5.41, 5.74) is 2.70. The number of benzene rings is 1. The molecular weight excluding hydrogens is 440 g/mol. The summed E-state index contributed by atoms with van der Waals surface area (Å²) < 4.78 is 35.6. The molecule has 0 aliphatic carbocycles. The van der Waals surface area contributed by atoms with Crippen LogP contribution in [0.25, 0.3) is 11.0 Å². The van der Waals surface area contributed by atoms with Crippen LogP contribution < -0.4 is 0 Å². The molecule has 0 radical (unpaired) electrons. The molecule has 2 aromatic heterocycles. The Kier molecular flexibility index (Phi) is 8.20. The first-order chi connectivity index (χ1) is 15.8. The summed E-state index contributed by atoms with van der Waals surface area (Å²) in [6.45, 7) is 8.55. The second-order valence-corrected chi connectivity index (χ2v) is 10.3. The Labute approximate surface area is 195 Å². The van der Waals surface area contributed by atoms with Crippen LogP contribution in [0.4, 0.5) is 0 Å². The molecule has 0 N–H and O–H groups in total. The lowest BCUT2D eigenvalue weighted by atomic mass is 10.0. The van der Waals surface area contributed by atoms with Crippen LogP contribution in [0, 0.1) is 5.92 Å². The van der Waals surface area contributed by atoms with Crippen LogP contribution in [0.5, 0.6) is 0 Å². The number of carbonyl (C=O) groups is 1. The van der Waals surface area contributed by atoms with E-state index in [1.807, 2.05) is 31.4 Å². The first-order valence-electron chi connectivity index (χ1n) is 11.3. The van der Waals surface area contributed by atoms with Gasteiger partial charge in [0.15, 0.2) is 0 Å². The summed E-state index contributed by atoms with van der Waals surface area (Å²) in [7, 11) is -3.88. The Bertz CT molecular complexity index is 1170. The molecule has 1 atom stereocenters. The second kappa shape index (κ2) is 10.9. The Morgan fingerprint density at radius 3 is 2.52 bits per heavy atom. The van der Waals surface area contributed by atoms with Crippen molar-refractivity contribution in [2.24, 2.45) is 5.92 Å². The molecule has 3 rings (SSSR count). The molecule has 9 heteroatoms. The minimum atomic E-state index is -3.88. The molecule has 0 saturated heterocycles. The maximum absolute atomic E-state index is 13.6. The van der Waals surface area contributed by atoms with Crippen molar-refractivity contribution in [3.8, 4) is 0 Å². The van der Waals surface area contributed by atoms with E-state index in [2.05, 4.69) is 9.97 Å². The number of fused-ring (bicyclic) bond motifs is 1. The quantitative estimate of drug-likeness (QED) is 0.393. The summed E-state index contributed by atoms with van der Waals surface area (Å²) in [4.78, 5) is 21.3. The van der Waals surface area contributed by atoms with Gasteiger partial charge in [-0.1, -0.05) is 32.9 Å². The molecular formula is C24H32N4O4S.